The zero-order valence-corrected chi connectivity index (χ0v) is 14.5. The van der Waals surface area contributed by atoms with Gasteiger partial charge in [0.2, 0.25) is 0 Å². The second kappa shape index (κ2) is 6.80. The summed E-state index contributed by atoms with van der Waals surface area (Å²) in [5.74, 6) is 0.524. The maximum Gasteiger partial charge on any atom is 0.173 e. The summed E-state index contributed by atoms with van der Waals surface area (Å²) < 4.78 is 5.62. The molecule has 0 saturated carbocycles. The molecule has 0 saturated heterocycles. The number of halogens is 1. The van der Waals surface area contributed by atoms with Gasteiger partial charge in [-0.25, -0.2) is 0 Å². The molecule has 0 radical (unpaired) electrons. The van der Waals surface area contributed by atoms with Gasteiger partial charge in [-0.2, -0.15) is 0 Å². The van der Waals surface area contributed by atoms with Crippen LogP contribution in [0.5, 0.6) is 0 Å². The van der Waals surface area contributed by atoms with Crippen LogP contribution in [0, 0.1) is 0 Å². The van der Waals surface area contributed by atoms with Gasteiger partial charge < -0.3 is 9.63 Å². The monoisotopic (exact) mass is 368 g/mol. The Morgan fingerprint density at radius 1 is 1.08 bits per heavy atom. The van der Waals surface area contributed by atoms with Gasteiger partial charge in [0.15, 0.2) is 5.76 Å². The topological polar surface area (TPSA) is 59.2 Å². The van der Waals surface area contributed by atoms with Crippen molar-refractivity contribution in [3.8, 4) is 21.9 Å². The van der Waals surface area contributed by atoms with Crippen LogP contribution >= 0.6 is 22.9 Å². The molecule has 4 rings (SSSR count). The number of aliphatic hydroxyl groups is 1. The summed E-state index contributed by atoms with van der Waals surface area (Å²) in [7, 11) is 0. The second-order valence-corrected chi connectivity index (χ2v) is 6.83. The van der Waals surface area contributed by atoms with Gasteiger partial charge in [-0.05, 0) is 41.8 Å². The first-order valence-electron chi connectivity index (χ1n) is 7.61. The molecule has 0 spiro atoms. The van der Waals surface area contributed by atoms with Crippen LogP contribution in [0.25, 0.3) is 21.9 Å². The first-order chi connectivity index (χ1) is 12.2. The molecule has 3 aromatic heterocycles. The van der Waals surface area contributed by atoms with Crippen LogP contribution < -0.4 is 0 Å². The number of aliphatic hydroxyl groups excluding tert-OH is 1. The van der Waals surface area contributed by atoms with Crippen molar-refractivity contribution in [1.82, 2.24) is 10.1 Å². The Morgan fingerprint density at radius 2 is 1.92 bits per heavy atom. The van der Waals surface area contributed by atoms with E-state index in [4.69, 9.17) is 16.1 Å². The number of rotatable bonds is 4. The summed E-state index contributed by atoms with van der Waals surface area (Å²) >= 11 is 7.52. The van der Waals surface area contributed by atoms with Crippen LogP contribution in [-0.4, -0.2) is 15.2 Å². The quantitative estimate of drug-likeness (QED) is 0.537. The number of thiophene rings is 1. The van der Waals surface area contributed by atoms with E-state index in [1.165, 1.54) is 0 Å². The summed E-state index contributed by atoms with van der Waals surface area (Å²) in [5.41, 5.74) is 2.74. The molecule has 0 aliphatic rings. The van der Waals surface area contributed by atoms with Crippen LogP contribution in [-0.2, 0) is 0 Å². The lowest BCUT2D eigenvalue weighted by molar-refractivity contribution is 0.220. The third-order valence-corrected chi connectivity index (χ3v) is 4.99. The fourth-order valence-electron chi connectivity index (χ4n) is 2.66. The minimum atomic E-state index is -0.900. The predicted molar refractivity (Wildman–Crippen MR) is 98.6 cm³/mol. The highest BCUT2D eigenvalue weighted by molar-refractivity contribution is 7.13. The molecule has 0 aliphatic heterocycles. The van der Waals surface area contributed by atoms with Crippen molar-refractivity contribution in [3.05, 3.63) is 82.5 Å². The Balaban J connectivity index is 1.89. The lowest BCUT2D eigenvalue weighted by Crippen LogP contribution is -2.02. The number of benzene rings is 1. The average Bonchev–Trinajstić information content (AvgIpc) is 3.32. The maximum absolute atomic E-state index is 11.0. The van der Waals surface area contributed by atoms with E-state index in [0.29, 0.717) is 27.6 Å². The molecule has 6 heteroatoms. The van der Waals surface area contributed by atoms with Crippen molar-refractivity contribution in [2.45, 2.75) is 6.10 Å². The molecule has 0 amide bonds. The molecule has 0 aliphatic carbocycles. The molecule has 4 nitrogen and oxygen atoms in total. The number of hydrogen-bond donors (Lipinski definition) is 1. The van der Waals surface area contributed by atoms with Crippen molar-refractivity contribution in [2.75, 3.05) is 0 Å². The smallest absolute Gasteiger partial charge is 0.173 e. The van der Waals surface area contributed by atoms with E-state index in [-0.39, 0.29) is 0 Å². The van der Waals surface area contributed by atoms with E-state index in [9.17, 15) is 5.11 Å². The third-order valence-electron chi connectivity index (χ3n) is 3.86. The molecule has 124 valence electrons. The molecule has 0 fully saturated rings. The highest BCUT2D eigenvalue weighted by Crippen LogP contribution is 2.40. The van der Waals surface area contributed by atoms with Crippen molar-refractivity contribution in [1.29, 1.82) is 0 Å². The van der Waals surface area contributed by atoms with Crippen molar-refractivity contribution >= 4 is 22.9 Å². The van der Waals surface area contributed by atoms with Crippen molar-refractivity contribution in [3.63, 3.8) is 0 Å². The first kappa shape index (κ1) is 16.0. The minimum absolute atomic E-state index is 0.524. The average molecular weight is 369 g/mol. The highest BCUT2D eigenvalue weighted by Gasteiger charge is 2.26. The van der Waals surface area contributed by atoms with Gasteiger partial charge in [-0.3, -0.25) is 4.98 Å². The molecule has 3 heterocycles. The Hall–Kier alpha value is -2.47. The fourth-order valence-corrected chi connectivity index (χ4v) is 3.50. The van der Waals surface area contributed by atoms with E-state index in [0.717, 1.165) is 10.4 Å². The molecule has 4 aromatic rings. The molecule has 0 bridgehead atoms. The fraction of sp³-hybridized carbons (Fsp3) is 0.0526. The Bertz CT molecular complexity index is 967. The largest absolute Gasteiger partial charge is 0.383 e. The number of hydrogen-bond acceptors (Lipinski definition) is 5. The maximum atomic E-state index is 11.0. The van der Waals surface area contributed by atoms with Crippen LogP contribution in [0.15, 0.2) is 70.8 Å². The van der Waals surface area contributed by atoms with Gasteiger partial charge in [0.25, 0.3) is 0 Å². The Kier molecular flexibility index (Phi) is 4.36. The molecule has 25 heavy (non-hydrogen) atoms. The van der Waals surface area contributed by atoms with Gasteiger partial charge in [0.1, 0.15) is 11.8 Å². The highest BCUT2D eigenvalue weighted by atomic mass is 35.5. The molecular formula is C19H13ClN2O2S. The number of aromatic nitrogens is 2. The van der Waals surface area contributed by atoms with E-state index >= 15 is 0 Å². The molecule has 1 unspecified atom stereocenters. The molecular weight excluding hydrogens is 356 g/mol. The minimum Gasteiger partial charge on any atom is -0.383 e. The van der Waals surface area contributed by atoms with Crippen LogP contribution in [0.2, 0.25) is 5.02 Å². The predicted octanol–water partition coefficient (Wildman–Crippen LogP) is 5.20. The lowest BCUT2D eigenvalue weighted by Gasteiger charge is -2.12. The standard InChI is InChI=1S/C19H13ClN2O2S/c20-14-7-5-12(6-8-14)19-16(18(23)13-3-1-9-21-11-13)17(22-24-19)15-4-2-10-25-15/h1-11,18,23H. The van der Waals surface area contributed by atoms with Gasteiger partial charge in [-0.1, -0.05) is 28.9 Å². The normalized spacial score (nSPS) is 12.2. The van der Waals surface area contributed by atoms with Gasteiger partial charge in [0, 0.05) is 28.5 Å². The van der Waals surface area contributed by atoms with E-state index in [1.807, 2.05) is 35.7 Å². The number of nitrogens with zero attached hydrogens (tertiary/aromatic N) is 2. The van der Waals surface area contributed by atoms with Gasteiger partial charge >= 0.3 is 0 Å². The summed E-state index contributed by atoms with van der Waals surface area (Å²) in [6, 6.07) is 14.8. The van der Waals surface area contributed by atoms with Crippen LogP contribution in [0.4, 0.5) is 0 Å². The summed E-state index contributed by atoms with van der Waals surface area (Å²) in [6.45, 7) is 0. The van der Waals surface area contributed by atoms with Gasteiger partial charge in [-0.15, -0.1) is 11.3 Å². The lowest BCUT2D eigenvalue weighted by atomic mass is 9.97. The SMILES string of the molecule is OC(c1cccnc1)c1c(-c2cccs2)noc1-c1ccc(Cl)cc1. The molecule has 1 atom stereocenters. The molecule has 1 N–H and O–H groups in total. The van der Waals surface area contributed by atoms with E-state index in [2.05, 4.69) is 10.1 Å². The summed E-state index contributed by atoms with van der Waals surface area (Å²) in [6.07, 6.45) is 2.41. The summed E-state index contributed by atoms with van der Waals surface area (Å²) in [4.78, 5) is 5.03. The van der Waals surface area contributed by atoms with E-state index < -0.39 is 6.10 Å². The van der Waals surface area contributed by atoms with Crippen LogP contribution in [0.3, 0.4) is 0 Å². The zero-order chi connectivity index (χ0) is 17.2. The third kappa shape index (κ3) is 3.09. The second-order valence-electron chi connectivity index (χ2n) is 5.45. The van der Waals surface area contributed by atoms with Crippen LogP contribution in [0.1, 0.15) is 17.2 Å². The number of pyridine rings is 1. The van der Waals surface area contributed by atoms with Crippen molar-refractivity contribution in [2.24, 2.45) is 0 Å². The Morgan fingerprint density at radius 3 is 2.60 bits per heavy atom. The van der Waals surface area contributed by atoms with Crippen molar-refractivity contribution < 1.29 is 9.63 Å². The molecule has 1 aromatic carbocycles. The van der Waals surface area contributed by atoms with Gasteiger partial charge in [0.05, 0.1) is 10.4 Å². The first-order valence-corrected chi connectivity index (χ1v) is 8.87. The Labute approximate surface area is 153 Å². The zero-order valence-electron chi connectivity index (χ0n) is 13.0. The summed E-state index contributed by atoms with van der Waals surface area (Å²) in [5, 5.41) is 17.8. The van der Waals surface area contributed by atoms with E-state index in [1.54, 1.807) is 41.9 Å².